The molecule has 0 radical (unpaired) electrons. The van der Waals surface area contributed by atoms with E-state index in [1.54, 1.807) is 37.4 Å². The molecular weight excluding hydrogens is 382 g/mol. The zero-order valence-corrected chi connectivity index (χ0v) is 16.9. The third-order valence-electron chi connectivity index (χ3n) is 5.14. The molecule has 0 amide bonds. The molecule has 2 N–H and O–H groups in total. The van der Waals surface area contributed by atoms with Crippen LogP contribution in [0.5, 0.6) is 5.75 Å². The minimum absolute atomic E-state index is 0.168. The van der Waals surface area contributed by atoms with E-state index in [0.717, 1.165) is 5.56 Å². The summed E-state index contributed by atoms with van der Waals surface area (Å²) in [5.41, 5.74) is 6.02. The van der Waals surface area contributed by atoms with Gasteiger partial charge < -0.3 is 15.2 Å². The Kier molecular flexibility index (Phi) is 5.55. The van der Waals surface area contributed by atoms with Crippen molar-refractivity contribution in [1.82, 2.24) is 0 Å². The van der Waals surface area contributed by atoms with Crippen molar-refractivity contribution >= 4 is 27.0 Å². The van der Waals surface area contributed by atoms with Crippen molar-refractivity contribution in [2.75, 3.05) is 20.3 Å². The van der Waals surface area contributed by atoms with Crippen molar-refractivity contribution in [2.24, 2.45) is 11.1 Å². The lowest BCUT2D eigenvalue weighted by Gasteiger charge is -2.17. The number of hydrogen-bond donors (Lipinski definition) is 1. The molecule has 1 aliphatic rings. The predicted octanol–water partition coefficient (Wildman–Crippen LogP) is 2.94. The summed E-state index contributed by atoms with van der Waals surface area (Å²) in [7, 11) is -2.05. The van der Waals surface area contributed by atoms with Crippen molar-refractivity contribution in [3.63, 3.8) is 0 Å². The van der Waals surface area contributed by atoms with Gasteiger partial charge in [-0.1, -0.05) is 42.5 Å². The lowest BCUT2D eigenvalue weighted by molar-refractivity contribution is 0.121. The van der Waals surface area contributed by atoms with Crippen LogP contribution in [-0.2, 0) is 14.6 Å². The van der Waals surface area contributed by atoms with E-state index in [-0.39, 0.29) is 22.4 Å². The highest BCUT2D eigenvalue weighted by atomic mass is 32.2. The van der Waals surface area contributed by atoms with E-state index in [1.807, 2.05) is 31.2 Å². The molecule has 144 valence electrons. The quantitative estimate of drug-likeness (QED) is 0.681. The van der Waals surface area contributed by atoms with Gasteiger partial charge in [-0.15, -0.1) is 0 Å². The van der Waals surface area contributed by atoms with Crippen molar-refractivity contribution in [3.05, 3.63) is 60.2 Å². The molecule has 0 heterocycles. The van der Waals surface area contributed by atoms with Crippen molar-refractivity contribution < 1.29 is 17.9 Å². The van der Waals surface area contributed by atoms with E-state index in [0.29, 0.717) is 12.4 Å². The van der Waals surface area contributed by atoms with E-state index in [2.05, 4.69) is 0 Å². The van der Waals surface area contributed by atoms with Gasteiger partial charge in [0.1, 0.15) is 5.75 Å². The molecule has 2 aromatic carbocycles. The highest BCUT2D eigenvalue weighted by Gasteiger charge is 2.73. The first kappa shape index (κ1) is 19.8. The van der Waals surface area contributed by atoms with Gasteiger partial charge in [-0.25, -0.2) is 8.42 Å². The fraction of sp³-hybridized carbons (Fsp3) is 0.350. The predicted molar refractivity (Wildman–Crippen MR) is 109 cm³/mol. The van der Waals surface area contributed by atoms with Crippen LogP contribution >= 0.6 is 12.2 Å². The number of hydrogen-bond acceptors (Lipinski definition) is 5. The minimum atomic E-state index is -3.64. The molecule has 27 heavy (non-hydrogen) atoms. The van der Waals surface area contributed by atoms with Crippen LogP contribution in [-0.4, -0.2) is 39.0 Å². The molecule has 0 aromatic heterocycles. The van der Waals surface area contributed by atoms with E-state index in [4.69, 9.17) is 27.4 Å². The Labute approximate surface area is 165 Å². The summed E-state index contributed by atoms with van der Waals surface area (Å²) in [6.07, 6.45) is 0. The van der Waals surface area contributed by atoms with Crippen molar-refractivity contribution in [3.8, 4) is 5.75 Å². The summed E-state index contributed by atoms with van der Waals surface area (Å²) >= 11 is 5.34. The van der Waals surface area contributed by atoms with E-state index < -0.39 is 20.5 Å². The smallest absolute Gasteiger partial charge is 0.182 e. The topological polar surface area (TPSA) is 78.6 Å². The van der Waals surface area contributed by atoms with Crippen LogP contribution in [0.15, 0.2) is 59.5 Å². The number of sulfone groups is 1. The van der Waals surface area contributed by atoms with Crippen LogP contribution < -0.4 is 10.5 Å². The second-order valence-electron chi connectivity index (χ2n) is 6.57. The zero-order chi connectivity index (χ0) is 19.7. The Bertz CT molecular complexity index is 913. The van der Waals surface area contributed by atoms with E-state index in [1.165, 1.54) is 0 Å². The summed E-state index contributed by atoms with van der Waals surface area (Å²) in [5.74, 6) is 0.338. The molecule has 1 fully saturated rings. The standard InChI is InChI=1S/C20H23NO4S2/c1-3-25-13-20(19(21)26)17(14-9-11-15(24-2)12-10-14)18(20)27(22,23)16-7-5-4-6-8-16/h4-12,17-18H,3,13H2,1-2H3,(H2,21,26)/t17-,18+,20-/m0/s1. The Morgan fingerprint density at radius 3 is 2.30 bits per heavy atom. The number of thiocarbonyl (C=S) groups is 1. The molecule has 5 nitrogen and oxygen atoms in total. The fourth-order valence-electron chi connectivity index (χ4n) is 3.71. The summed E-state index contributed by atoms with van der Waals surface area (Å²) < 4.78 is 37.6. The molecule has 0 saturated heterocycles. The van der Waals surface area contributed by atoms with E-state index >= 15 is 0 Å². The van der Waals surface area contributed by atoms with Crippen LogP contribution in [0.4, 0.5) is 0 Å². The minimum Gasteiger partial charge on any atom is -0.497 e. The number of benzene rings is 2. The van der Waals surface area contributed by atoms with Crippen LogP contribution in [0.3, 0.4) is 0 Å². The highest BCUT2D eigenvalue weighted by molar-refractivity contribution is 7.92. The summed E-state index contributed by atoms with van der Waals surface area (Å²) in [6.45, 7) is 2.49. The maximum absolute atomic E-state index is 13.4. The van der Waals surface area contributed by atoms with Gasteiger partial charge in [-0.05, 0) is 36.8 Å². The van der Waals surface area contributed by atoms with Gasteiger partial charge in [-0.2, -0.15) is 0 Å². The number of methoxy groups -OCH3 is 1. The van der Waals surface area contributed by atoms with Crippen LogP contribution in [0.2, 0.25) is 0 Å². The van der Waals surface area contributed by atoms with Gasteiger partial charge in [0, 0.05) is 12.5 Å². The Morgan fingerprint density at radius 1 is 1.15 bits per heavy atom. The molecule has 1 saturated carbocycles. The number of rotatable bonds is 8. The van der Waals surface area contributed by atoms with Crippen LogP contribution in [0, 0.1) is 5.41 Å². The van der Waals surface area contributed by atoms with Crippen LogP contribution in [0.25, 0.3) is 0 Å². The molecule has 7 heteroatoms. The molecule has 3 atom stereocenters. The Morgan fingerprint density at radius 2 is 1.78 bits per heavy atom. The molecule has 0 bridgehead atoms. The first-order valence-corrected chi connectivity index (χ1v) is 10.7. The molecule has 0 unspecified atom stereocenters. The Balaban J connectivity index is 2.08. The third-order valence-corrected chi connectivity index (χ3v) is 7.81. The summed E-state index contributed by atoms with van der Waals surface area (Å²) in [6, 6.07) is 15.8. The molecular formula is C20H23NO4S2. The van der Waals surface area contributed by atoms with Crippen molar-refractivity contribution in [2.45, 2.75) is 23.0 Å². The largest absolute Gasteiger partial charge is 0.497 e. The van der Waals surface area contributed by atoms with Gasteiger partial charge in [0.2, 0.25) is 0 Å². The normalized spacial score (nSPS) is 24.4. The van der Waals surface area contributed by atoms with Gasteiger partial charge in [0.25, 0.3) is 0 Å². The first-order chi connectivity index (χ1) is 12.9. The second-order valence-corrected chi connectivity index (χ2v) is 9.08. The summed E-state index contributed by atoms with van der Waals surface area (Å²) in [5, 5.41) is -0.759. The molecule has 3 rings (SSSR count). The SMILES string of the molecule is CCOC[C@@]1(C(N)=S)[C@H](S(=O)(=O)c2ccccc2)[C@@H]1c1ccc(OC)cc1. The highest BCUT2D eigenvalue weighted by Crippen LogP contribution is 2.64. The second kappa shape index (κ2) is 7.58. The number of nitrogens with two attached hydrogens (primary N) is 1. The van der Waals surface area contributed by atoms with Crippen molar-refractivity contribution in [1.29, 1.82) is 0 Å². The maximum atomic E-state index is 13.4. The molecule has 0 spiro atoms. The first-order valence-electron chi connectivity index (χ1n) is 8.70. The third kappa shape index (κ3) is 3.35. The fourth-order valence-corrected chi connectivity index (χ4v) is 6.50. The van der Waals surface area contributed by atoms with E-state index in [9.17, 15) is 8.42 Å². The molecule has 1 aliphatic carbocycles. The Hall–Kier alpha value is -1.96. The average Bonchev–Trinajstić information content (AvgIpc) is 3.38. The van der Waals surface area contributed by atoms with Gasteiger partial charge in [-0.3, -0.25) is 0 Å². The maximum Gasteiger partial charge on any atom is 0.182 e. The lowest BCUT2D eigenvalue weighted by Crippen LogP contribution is -2.33. The van der Waals surface area contributed by atoms with Crippen LogP contribution in [0.1, 0.15) is 18.4 Å². The monoisotopic (exact) mass is 405 g/mol. The lowest BCUT2D eigenvalue weighted by atomic mass is 10.00. The summed E-state index contributed by atoms with van der Waals surface area (Å²) in [4.78, 5) is 0.435. The van der Waals surface area contributed by atoms with Gasteiger partial charge >= 0.3 is 0 Å². The van der Waals surface area contributed by atoms with Gasteiger partial charge in [0.15, 0.2) is 9.84 Å². The number of ether oxygens (including phenoxy) is 2. The average molecular weight is 406 g/mol. The molecule has 2 aromatic rings. The zero-order valence-electron chi connectivity index (χ0n) is 15.3. The molecule has 0 aliphatic heterocycles. The van der Waals surface area contributed by atoms with Gasteiger partial charge in [0.05, 0.1) is 34.3 Å².